The molecule has 0 spiro atoms. The van der Waals surface area contributed by atoms with Crippen LogP contribution in [0.5, 0.6) is 5.75 Å². The molecule has 0 aliphatic carbocycles. The fourth-order valence-corrected chi connectivity index (χ4v) is 1.84. The minimum absolute atomic E-state index is 0.0116. The van der Waals surface area contributed by atoms with Crippen molar-refractivity contribution < 1.29 is 19.4 Å². The van der Waals surface area contributed by atoms with E-state index in [1.807, 2.05) is 32.0 Å². The lowest BCUT2D eigenvalue weighted by molar-refractivity contribution is -0.137. The minimum Gasteiger partial charge on any atom is -0.493 e. The van der Waals surface area contributed by atoms with Gasteiger partial charge < -0.3 is 9.84 Å². The molecule has 0 aliphatic heterocycles. The number of carbonyl (C=O) groups excluding carboxylic acids is 1. The number of carbonyl (C=O) groups is 2. The Kier molecular flexibility index (Phi) is 6.06. The monoisotopic (exact) mass is 264 g/mol. The highest BCUT2D eigenvalue weighted by molar-refractivity contribution is 5.98. The van der Waals surface area contributed by atoms with Crippen LogP contribution in [0, 0.1) is 6.92 Å². The van der Waals surface area contributed by atoms with Crippen LogP contribution in [-0.2, 0) is 4.79 Å². The quantitative estimate of drug-likeness (QED) is 0.578. The first-order valence-electron chi connectivity index (χ1n) is 6.53. The van der Waals surface area contributed by atoms with E-state index in [1.54, 1.807) is 0 Å². The van der Waals surface area contributed by atoms with Gasteiger partial charge in [0.25, 0.3) is 0 Å². The van der Waals surface area contributed by atoms with Gasteiger partial charge in [-0.05, 0) is 38.8 Å². The molecule has 0 atom stereocenters. The molecule has 19 heavy (non-hydrogen) atoms. The van der Waals surface area contributed by atoms with Crippen LogP contribution >= 0.6 is 0 Å². The molecule has 4 heteroatoms. The van der Waals surface area contributed by atoms with Gasteiger partial charge in [-0.3, -0.25) is 9.59 Å². The first kappa shape index (κ1) is 15.2. The summed E-state index contributed by atoms with van der Waals surface area (Å²) in [4.78, 5) is 22.5. The highest BCUT2D eigenvalue weighted by Crippen LogP contribution is 2.22. The van der Waals surface area contributed by atoms with Crippen LogP contribution in [0.25, 0.3) is 0 Å². The maximum Gasteiger partial charge on any atom is 0.303 e. The van der Waals surface area contributed by atoms with Crippen LogP contribution in [0.15, 0.2) is 18.2 Å². The normalized spacial score (nSPS) is 10.2. The fraction of sp³-hybridized carbons (Fsp3) is 0.467. The number of carboxylic acids is 1. The Morgan fingerprint density at radius 1 is 1.21 bits per heavy atom. The zero-order valence-electron chi connectivity index (χ0n) is 11.4. The van der Waals surface area contributed by atoms with E-state index in [1.165, 1.54) is 0 Å². The van der Waals surface area contributed by atoms with Crippen molar-refractivity contribution in [3.05, 3.63) is 29.3 Å². The summed E-state index contributed by atoms with van der Waals surface area (Å²) in [7, 11) is 0. The lowest BCUT2D eigenvalue weighted by atomic mass is 10.0. The van der Waals surface area contributed by atoms with Crippen LogP contribution in [0.4, 0.5) is 0 Å². The minimum atomic E-state index is -0.821. The standard InChI is InChI=1S/C15H20O4/c1-3-19-14-9-8-11(2)10-12(14)13(16)6-4-5-7-15(17)18/h8-10H,3-7H2,1-2H3,(H,17,18). The van der Waals surface area contributed by atoms with Crippen molar-refractivity contribution in [3.63, 3.8) is 0 Å². The van der Waals surface area contributed by atoms with E-state index in [0.29, 0.717) is 37.2 Å². The van der Waals surface area contributed by atoms with E-state index >= 15 is 0 Å². The van der Waals surface area contributed by atoms with Crippen molar-refractivity contribution in [3.8, 4) is 5.75 Å². The molecule has 0 saturated heterocycles. The molecule has 1 N–H and O–H groups in total. The van der Waals surface area contributed by atoms with Gasteiger partial charge in [-0.1, -0.05) is 11.6 Å². The van der Waals surface area contributed by atoms with Crippen LogP contribution in [0.2, 0.25) is 0 Å². The third kappa shape index (κ3) is 5.12. The van der Waals surface area contributed by atoms with Gasteiger partial charge in [0.1, 0.15) is 5.75 Å². The Bertz CT molecular complexity index is 451. The summed E-state index contributed by atoms with van der Waals surface area (Å²) in [5.74, 6) is -0.202. The molecule has 0 amide bonds. The smallest absolute Gasteiger partial charge is 0.303 e. The number of hydrogen-bond donors (Lipinski definition) is 1. The highest BCUT2D eigenvalue weighted by Gasteiger charge is 2.12. The molecule has 0 heterocycles. The number of benzene rings is 1. The van der Waals surface area contributed by atoms with Gasteiger partial charge >= 0.3 is 5.97 Å². The molecule has 1 aromatic rings. The number of ether oxygens (including phenoxy) is 1. The molecule has 104 valence electrons. The summed E-state index contributed by atoms with van der Waals surface area (Å²) >= 11 is 0. The van der Waals surface area contributed by atoms with Gasteiger partial charge in [-0.2, -0.15) is 0 Å². The molecule has 0 saturated carbocycles. The van der Waals surface area contributed by atoms with Crippen molar-refractivity contribution in [2.75, 3.05) is 6.61 Å². The number of ketones is 1. The highest BCUT2D eigenvalue weighted by atomic mass is 16.5. The zero-order valence-corrected chi connectivity index (χ0v) is 11.4. The Labute approximate surface area is 113 Å². The summed E-state index contributed by atoms with van der Waals surface area (Å²) in [5.41, 5.74) is 1.61. The maximum absolute atomic E-state index is 12.1. The Hall–Kier alpha value is -1.84. The van der Waals surface area contributed by atoms with Crippen LogP contribution < -0.4 is 4.74 Å². The first-order valence-corrected chi connectivity index (χ1v) is 6.53. The molecular formula is C15H20O4. The van der Waals surface area contributed by atoms with E-state index in [4.69, 9.17) is 9.84 Å². The van der Waals surface area contributed by atoms with Gasteiger partial charge in [-0.15, -0.1) is 0 Å². The zero-order chi connectivity index (χ0) is 14.3. The number of hydrogen-bond acceptors (Lipinski definition) is 3. The predicted octanol–water partition coefficient (Wildman–Crippen LogP) is 3.22. The topological polar surface area (TPSA) is 63.6 Å². The largest absolute Gasteiger partial charge is 0.493 e. The van der Waals surface area contributed by atoms with Gasteiger partial charge in [0.05, 0.1) is 12.2 Å². The lowest BCUT2D eigenvalue weighted by Gasteiger charge is -2.10. The van der Waals surface area contributed by atoms with Gasteiger partial charge in [0, 0.05) is 12.8 Å². The second-order valence-corrected chi connectivity index (χ2v) is 4.46. The molecule has 0 bridgehead atoms. The molecular weight excluding hydrogens is 244 g/mol. The maximum atomic E-state index is 12.1. The van der Waals surface area contributed by atoms with E-state index in [-0.39, 0.29) is 12.2 Å². The summed E-state index contributed by atoms with van der Waals surface area (Å²) in [6, 6.07) is 5.54. The second kappa shape index (κ2) is 7.56. The number of carboxylic acid groups (broad SMARTS) is 1. The summed E-state index contributed by atoms with van der Waals surface area (Å²) in [6.45, 7) is 4.32. The molecule has 0 radical (unpaired) electrons. The van der Waals surface area contributed by atoms with Crippen molar-refractivity contribution in [1.29, 1.82) is 0 Å². The average molecular weight is 264 g/mol. The van der Waals surface area contributed by atoms with Gasteiger partial charge in [0.2, 0.25) is 0 Å². The van der Waals surface area contributed by atoms with E-state index < -0.39 is 5.97 Å². The van der Waals surface area contributed by atoms with Crippen molar-refractivity contribution in [2.45, 2.75) is 39.5 Å². The van der Waals surface area contributed by atoms with Gasteiger partial charge in [-0.25, -0.2) is 0 Å². The Balaban J connectivity index is 2.64. The third-order valence-electron chi connectivity index (χ3n) is 2.78. The molecule has 1 rings (SSSR count). The number of aryl methyl sites for hydroxylation is 1. The molecule has 4 nitrogen and oxygen atoms in total. The lowest BCUT2D eigenvalue weighted by Crippen LogP contribution is -2.05. The number of rotatable bonds is 8. The number of aliphatic carboxylic acids is 1. The Morgan fingerprint density at radius 2 is 1.89 bits per heavy atom. The molecule has 0 aromatic heterocycles. The van der Waals surface area contributed by atoms with Crippen molar-refractivity contribution in [2.24, 2.45) is 0 Å². The third-order valence-corrected chi connectivity index (χ3v) is 2.78. The van der Waals surface area contributed by atoms with E-state index in [2.05, 4.69) is 0 Å². The average Bonchev–Trinajstić information content (AvgIpc) is 2.36. The SMILES string of the molecule is CCOc1ccc(C)cc1C(=O)CCCCC(=O)O. The van der Waals surface area contributed by atoms with Gasteiger partial charge in [0.15, 0.2) is 5.78 Å². The molecule has 1 aromatic carbocycles. The number of unbranched alkanes of at least 4 members (excludes halogenated alkanes) is 1. The molecule has 0 unspecified atom stereocenters. The fourth-order valence-electron chi connectivity index (χ4n) is 1.84. The van der Waals surface area contributed by atoms with Crippen molar-refractivity contribution >= 4 is 11.8 Å². The second-order valence-electron chi connectivity index (χ2n) is 4.46. The molecule has 0 fully saturated rings. The van der Waals surface area contributed by atoms with E-state index in [0.717, 1.165) is 5.56 Å². The predicted molar refractivity (Wildman–Crippen MR) is 72.8 cm³/mol. The number of Topliss-reactive ketones (excluding diaryl/α,β-unsaturated/α-hetero) is 1. The van der Waals surface area contributed by atoms with Crippen LogP contribution in [0.3, 0.4) is 0 Å². The van der Waals surface area contributed by atoms with E-state index in [9.17, 15) is 9.59 Å². The molecule has 0 aliphatic rings. The summed E-state index contributed by atoms with van der Waals surface area (Å²) in [5, 5.41) is 8.54. The Morgan fingerprint density at radius 3 is 2.53 bits per heavy atom. The van der Waals surface area contributed by atoms with Crippen LogP contribution in [0.1, 0.15) is 48.5 Å². The van der Waals surface area contributed by atoms with Crippen molar-refractivity contribution in [1.82, 2.24) is 0 Å². The summed E-state index contributed by atoms with van der Waals surface area (Å²) in [6.07, 6.45) is 1.58. The first-order chi connectivity index (χ1) is 9.04. The van der Waals surface area contributed by atoms with Crippen LogP contribution in [-0.4, -0.2) is 23.5 Å². The summed E-state index contributed by atoms with van der Waals surface area (Å²) < 4.78 is 5.44.